The molecule has 17 heavy (non-hydrogen) atoms. The number of hydrogen-bond donors (Lipinski definition) is 0. The summed E-state index contributed by atoms with van der Waals surface area (Å²) in [4.78, 5) is 18.6. The molecule has 0 N–H and O–H groups in total. The largest absolute Gasteiger partial charge is 0.288 e. The number of hydrogen-bond acceptors (Lipinski definition) is 3. The van der Waals surface area contributed by atoms with Gasteiger partial charge in [-0.2, -0.15) is 0 Å². The van der Waals surface area contributed by atoms with Gasteiger partial charge in [0.25, 0.3) is 0 Å². The summed E-state index contributed by atoms with van der Waals surface area (Å²) >= 11 is 1.66. The van der Waals surface area contributed by atoms with E-state index < -0.39 is 0 Å². The summed E-state index contributed by atoms with van der Waals surface area (Å²) in [6.07, 6.45) is 6.90. The number of pyridine rings is 1. The third-order valence-corrected chi connectivity index (χ3v) is 4.49. The third kappa shape index (κ3) is 1.80. The monoisotopic (exact) mass is 243 g/mol. The lowest BCUT2D eigenvalue weighted by Gasteiger charge is -2.01. The Kier molecular flexibility index (Phi) is 2.56. The zero-order valence-electron chi connectivity index (χ0n) is 9.69. The molecule has 0 fully saturated rings. The fourth-order valence-corrected chi connectivity index (χ4v) is 3.48. The molecule has 0 aliphatic heterocycles. The number of carbonyl (C=O) groups excluding carboxylic acids is 1. The van der Waals surface area contributed by atoms with Crippen LogP contribution in [0.25, 0.3) is 0 Å². The van der Waals surface area contributed by atoms with Gasteiger partial charge in [-0.05, 0) is 49.4 Å². The van der Waals surface area contributed by atoms with Crippen LogP contribution in [0.3, 0.4) is 0 Å². The van der Waals surface area contributed by atoms with E-state index in [0.29, 0.717) is 0 Å². The van der Waals surface area contributed by atoms with Gasteiger partial charge in [-0.3, -0.25) is 9.78 Å². The summed E-state index contributed by atoms with van der Waals surface area (Å²) in [5.41, 5.74) is 3.10. The van der Waals surface area contributed by atoms with Crippen LogP contribution in [0, 0.1) is 6.92 Å². The van der Waals surface area contributed by atoms with Crippen molar-refractivity contribution in [2.45, 2.75) is 26.2 Å². The number of aromatic nitrogens is 1. The Balaban J connectivity index is 1.99. The molecular weight excluding hydrogens is 230 g/mol. The molecule has 0 aromatic carbocycles. The van der Waals surface area contributed by atoms with Gasteiger partial charge in [0.2, 0.25) is 5.78 Å². The van der Waals surface area contributed by atoms with Crippen molar-refractivity contribution in [1.82, 2.24) is 4.98 Å². The first kappa shape index (κ1) is 10.7. The highest BCUT2D eigenvalue weighted by Gasteiger charge is 2.20. The van der Waals surface area contributed by atoms with Crippen molar-refractivity contribution in [2.75, 3.05) is 0 Å². The van der Waals surface area contributed by atoms with Crippen LogP contribution >= 0.6 is 11.3 Å². The molecule has 0 unspecified atom stereocenters. The topological polar surface area (TPSA) is 30.0 Å². The molecule has 0 saturated carbocycles. The van der Waals surface area contributed by atoms with E-state index in [1.165, 1.54) is 16.9 Å². The Hall–Kier alpha value is -1.48. The van der Waals surface area contributed by atoms with E-state index in [0.717, 1.165) is 28.8 Å². The number of rotatable bonds is 2. The van der Waals surface area contributed by atoms with Crippen molar-refractivity contribution in [1.29, 1.82) is 0 Å². The Morgan fingerprint density at radius 2 is 2.29 bits per heavy atom. The number of ketones is 1. The molecule has 1 aliphatic carbocycles. The van der Waals surface area contributed by atoms with Gasteiger partial charge in [-0.15, -0.1) is 11.3 Å². The van der Waals surface area contributed by atoms with E-state index >= 15 is 0 Å². The molecule has 0 amide bonds. The normalized spacial score (nSPS) is 13.7. The van der Waals surface area contributed by atoms with E-state index in [-0.39, 0.29) is 5.78 Å². The molecule has 0 spiro atoms. The van der Waals surface area contributed by atoms with Crippen molar-refractivity contribution in [2.24, 2.45) is 0 Å². The van der Waals surface area contributed by atoms with E-state index in [2.05, 4.69) is 11.1 Å². The second-order valence-electron chi connectivity index (χ2n) is 4.43. The van der Waals surface area contributed by atoms with Crippen molar-refractivity contribution in [3.05, 3.63) is 51.0 Å². The van der Waals surface area contributed by atoms with Crippen LogP contribution in [-0.2, 0) is 12.8 Å². The number of nitrogens with zero attached hydrogens (tertiary/aromatic N) is 1. The van der Waals surface area contributed by atoms with Crippen LogP contribution in [0.5, 0.6) is 0 Å². The molecule has 3 heteroatoms. The van der Waals surface area contributed by atoms with Crippen LogP contribution in [-0.4, -0.2) is 10.8 Å². The fraction of sp³-hybridized carbons (Fsp3) is 0.286. The molecule has 1 aliphatic rings. The minimum Gasteiger partial charge on any atom is -0.288 e. The second kappa shape index (κ2) is 4.08. The van der Waals surface area contributed by atoms with Crippen LogP contribution in [0.4, 0.5) is 0 Å². The van der Waals surface area contributed by atoms with Crippen molar-refractivity contribution >= 4 is 17.1 Å². The minimum absolute atomic E-state index is 0.120. The van der Waals surface area contributed by atoms with Crippen LogP contribution in [0.2, 0.25) is 0 Å². The summed E-state index contributed by atoms with van der Waals surface area (Å²) in [7, 11) is 0. The van der Waals surface area contributed by atoms with Gasteiger partial charge in [-0.1, -0.05) is 0 Å². The van der Waals surface area contributed by atoms with Gasteiger partial charge in [0, 0.05) is 22.8 Å². The van der Waals surface area contributed by atoms with Gasteiger partial charge in [0.15, 0.2) is 0 Å². The smallest absolute Gasteiger partial charge is 0.204 e. The van der Waals surface area contributed by atoms with Crippen LogP contribution in [0.1, 0.15) is 37.7 Å². The number of fused-ring (bicyclic) bond motifs is 1. The molecule has 3 rings (SSSR count). The first-order chi connectivity index (χ1) is 8.25. The highest BCUT2D eigenvalue weighted by molar-refractivity contribution is 7.14. The first-order valence-corrected chi connectivity index (χ1v) is 6.64. The van der Waals surface area contributed by atoms with E-state index in [1.807, 2.05) is 13.0 Å². The molecule has 2 nitrogen and oxygen atoms in total. The Morgan fingerprint density at radius 3 is 3.06 bits per heavy atom. The Labute approximate surface area is 104 Å². The summed E-state index contributed by atoms with van der Waals surface area (Å²) in [6.45, 7) is 1.95. The van der Waals surface area contributed by atoms with Crippen molar-refractivity contribution < 1.29 is 4.79 Å². The summed E-state index contributed by atoms with van der Waals surface area (Å²) in [6, 6.07) is 3.95. The maximum Gasteiger partial charge on any atom is 0.204 e. The quantitative estimate of drug-likeness (QED) is 0.758. The molecule has 0 bridgehead atoms. The summed E-state index contributed by atoms with van der Waals surface area (Å²) in [5, 5.41) is 0. The van der Waals surface area contributed by atoms with Gasteiger partial charge in [-0.25, -0.2) is 0 Å². The maximum atomic E-state index is 12.3. The minimum atomic E-state index is 0.120. The Bertz CT molecular complexity index is 564. The molecule has 2 aromatic heterocycles. The van der Waals surface area contributed by atoms with Gasteiger partial charge >= 0.3 is 0 Å². The molecule has 0 atom stereocenters. The second-order valence-corrected chi connectivity index (χ2v) is 5.57. The van der Waals surface area contributed by atoms with E-state index in [4.69, 9.17) is 0 Å². The van der Waals surface area contributed by atoms with Crippen molar-refractivity contribution in [3.63, 3.8) is 0 Å². The molecule has 86 valence electrons. The van der Waals surface area contributed by atoms with Gasteiger partial charge < -0.3 is 0 Å². The lowest BCUT2D eigenvalue weighted by atomic mass is 10.1. The predicted octanol–water partition coefficient (Wildman–Crippen LogP) is 3.17. The highest BCUT2D eigenvalue weighted by atomic mass is 32.1. The lowest BCUT2D eigenvalue weighted by Crippen LogP contribution is -2.02. The Morgan fingerprint density at radius 1 is 1.41 bits per heavy atom. The zero-order valence-corrected chi connectivity index (χ0v) is 10.5. The van der Waals surface area contributed by atoms with Crippen molar-refractivity contribution in [3.8, 4) is 0 Å². The average molecular weight is 243 g/mol. The van der Waals surface area contributed by atoms with Crippen LogP contribution < -0.4 is 0 Å². The molecular formula is C14H13NOS. The molecule has 0 radical (unpaired) electrons. The first-order valence-electron chi connectivity index (χ1n) is 5.82. The fourth-order valence-electron chi connectivity index (χ4n) is 2.28. The molecule has 0 saturated heterocycles. The summed E-state index contributed by atoms with van der Waals surface area (Å²) < 4.78 is 0. The maximum absolute atomic E-state index is 12.3. The third-order valence-electron chi connectivity index (χ3n) is 3.25. The number of thiophene rings is 1. The van der Waals surface area contributed by atoms with E-state index in [9.17, 15) is 4.79 Å². The zero-order chi connectivity index (χ0) is 11.8. The number of aryl methyl sites for hydroxylation is 3. The molecule has 2 aromatic rings. The SMILES string of the molecule is Cc1ccncc1C(=O)c1cc2c(s1)CCC2. The average Bonchev–Trinajstić information content (AvgIpc) is 2.88. The number of carbonyl (C=O) groups is 1. The summed E-state index contributed by atoms with van der Waals surface area (Å²) in [5.74, 6) is 0.120. The van der Waals surface area contributed by atoms with Gasteiger partial charge in [0.1, 0.15) is 0 Å². The molecule has 2 heterocycles. The predicted molar refractivity (Wildman–Crippen MR) is 68.8 cm³/mol. The van der Waals surface area contributed by atoms with Gasteiger partial charge in [0.05, 0.1) is 4.88 Å². The highest BCUT2D eigenvalue weighted by Crippen LogP contribution is 2.32. The lowest BCUT2D eigenvalue weighted by molar-refractivity contribution is 0.104. The van der Waals surface area contributed by atoms with E-state index in [1.54, 1.807) is 23.7 Å². The van der Waals surface area contributed by atoms with Crippen LogP contribution in [0.15, 0.2) is 24.5 Å². The standard InChI is InChI=1S/C14H13NOS/c1-9-5-6-15-8-11(9)14(16)13-7-10-3-2-4-12(10)17-13/h5-8H,2-4H2,1H3.